The molecule has 0 fully saturated rings. The first-order valence-electron chi connectivity index (χ1n) is 7.22. The van der Waals surface area contributed by atoms with Crippen LogP contribution in [0.25, 0.3) is 33.4 Å². The minimum atomic E-state index is -0.307. The number of benzene rings is 1. The number of aromatic amines is 1. The number of aromatic nitrogens is 4. The fourth-order valence-electron chi connectivity index (χ4n) is 2.61. The van der Waals surface area contributed by atoms with Crippen molar-refractivity contribution < 1.29 is 4.39 Å². The third kappa shape index (κ3) is 2.29. The summed E-state index contributed by atoms with van der Waals surface area (Å²) in [7, 11) is 0. The van der Waals surface area contributed by atoms with Crippen LogP contribution in [0.15, 0.2) is 54.9 Å². The van der Waals surface area contributed by atoms with Gasteiger partial charge >= 0.3 is 0 Å². The van der Waals surface area contributed by atoms with Crippen LogP contribution in [0.1, 0.15) is 5.69 Å². The van der Waals surface area contributed by atoms with Crippen LogP contribution in [0.3, 0.4) is 0 Å². The highest BCUT2D eigenvalue weighted by atomic mass is 19.1. The summed E-state index contributed by atoms with van der Waals surface area (Å²) in [4.78, 5) is 8.64. The maximum atomic E-state index is 13.2. The Morgan fingerprint density at radius 3 is 2.46 bits per heavy atom. The van der Waals surface area contributed by atoms with Gasteiger partial charge in [-0.25, -0.2) is 9.37 Å². The molecule has 4 rings (SSSR count). The van der Waals surface area contributed by atoms with E-state index in [1.165, 1.54) is 12.1 Å². The maximum absolute atomic E-state index is 13.2. The Labute approximate surface area is 136 Å². The number of nitrogens with one attached hydrogen (secondary N) is 1. The molecule has 0 saturated heterocycles. The number of nitrogens with zero attached hydrogens (tertiary/aromatic N) is 4. The van der Waals surface area contributed by atoms with Crippen molar-refractivity contribution >= 4 is 11.0 Å². The zero-order chi connectivity index (χ0) is 16.5. The molecule has 6 heteroatoms. The second-order valence-electron chi connectivity index (χ2n) is 5.21. The van der Waals surface area contributed by atoms with Gasteiger partial charge in [-0.2, -0.15) is 10.4 Å². The average molecular weight is 315 g/mol. The van der Waals surface area contributed by atoms with E-state index >= 15 is 0 Å². The van der Waals surface area contributed by atoms with E-state index in [-0.39, 0.29) is 5.82 Å². The summed E-state index contributed by atoms with van der Waals surface area (Å²) in [5.74, 6) is -0.307. The van der Waals surface area contributed by atoms with Gasteiger partial charge in [-0.3, -0.25) is 10.1 Å². The standard InChI is InChI=1S/C18H10FN5/c19-13-3-1-12(2-4-13)17-14(11-5-7-21-8-6-11)9-15-16(10-20)23-24-18(15)22-17/h1-9H,(H,22,23,24). The lowest BCUT2D eigenvalue weighted by molar-refractivity contribution is 0.628. The number of halogens is 1. The van der Waals surface area contributed by atoms with Gasteiger partial charge in [0, 0.05) is 23.5 Å². The van der Waals surface area contributed by atoms with Gasteiger partial charge in [0.15, 0.2) is 11.3 Å². The third-order valence-corrected chi connectivity index (χ3v) is 3.77. The Morgan fingerprint density at radius 1 is 1.00 bits per heavy atom. The van der Waals surface area contributed by atoms with Crippen molar-refractivity contribution in [1.82, 2.24) is 20.2 Å². The highest BCUT2D eigenvalue weighted by Gasteiger charge is 2.15. The second kappa shape index (κ2) is 5.56. The van der Waals surface area contributed by atoms with Crippen LogP contribution >= 0.6 is 0 Å². The molecule has 3 aromatic heterocycles. The van der Waals surface area contributed by atoms with Gasteiger partial charge in [-0.05, 0) is 48.0 Å². The highest BCUT2D eigenvalue weighted by Crippen LogP contribution is 2.33. The maximum Gasteiger partial charge on any atom is 0.171 e. The lowest BCUT2D eigenvalue weighted by Crippen LogP contribution is -1.92. The van der Waals surface area contributed by atoms with Crippen molar-refractivity contribution in [1.29, 1.82) is 5.26 Å². The fourth-order valence-corrected chi connectivity index (χ4v) is 2.61. The molecule has 114 valence electrons. The molecular formula is C18H10FN5. The molecule has 1 N–H and O–H groups in total. The Kier molecular flexibility index (Phi) is 3.25. The summed E-state index contributed by atoms with van der Waals surface area (Å²) in [5.41, 5.74) is 4.00. The molecule has 3 heterocycles. The topological polar surface area (TPSA) is 78.2 Å². The number of nitriles is 1. The van der Waals surface area contributed by atoms with Crippen LogP contribution in [0.2, 0.25) is 0 Å². The molecule has 5 nitrogen and oxygen atoms in total. The van der Waals surface area contributed by atoms with Gasteiger partial charge in [0.2, 0.25) is 0 Å². The number of hydrogen-bond acceptors (Lipinski definition) is 4. The zero-order valence-electron chi connectivity index (χ0n) is 12.4. The number of hydrogen-bond donors (Lipinski definition) is 1. The average Bonchev–Trinajstić information content (AvgIpc) is 3.04. The van der Waals surface area contributed by atoms with E-state index in [4.69, 9.17) is 0 Å². The lowest BCUT2D eigenvalue weighted by atomic mass is 9.99. The molecule has 0 aliphatic rings. The summed E-state index contributed by atoms with van der Waals surface area (Å²) < 4.78 is 13.2. The molecule has 0 amide bonds. The Balaban J connectivity index is 2.04. The molecule has 0 spiro atoms. The smallest absolute Gasteiger partial charge is 0.171 e. The molecule has 1 aromatic carbocycles. The molecule has 24 heavy (non-hydrogen) atoms. The SMILES string of the molecule is N#Cc1n[nH]c2nc(-c3ccc(F)cc3)c(-c3ccncc3)cc12. The van der Waals surface area contributed by atoms with Gasteiger partial charge in [0.1, 0.15) is 11.9 Å². The molecule has 4 aromatic rings. The van der Waals surface area contributed by atoms with E-state index < -0.39 is 0 Å². The summed E-state index contributed by atoms with van der Waals surface area (Å²) in [5, 5.41) is 16.6. The van der Waals surface area contributed by atoms with E-state index in [1.807, 2.05) is 18.2 Å². The third-order valence-electron chi connectivity index (χ3n) is 3.77. The van der Waals surface area contributed by atoms with Crippen LogP contribution in [-0.2, 0) is 0 Å². The number of H-pyrrole nitrogens is 1. The summed E-state index contributed by atoms with van der Waals surface area (Å²) in [6, 6.07) is 13.8. The molecular weight excluding hydrogens is 305 g/mol. The summed E-state index contributed by atoms with van der Waals surface area (Å²) >= 11 is 0. The highest BCUT2D eigenvalue weighted by molar-refractivity contribution is 5.92. The van der Waals surface area contributed by atoms with E-state index in [2.05, 4.69) is 26.2 Å². The first kappa shape index (κ1) is 14.0. The summed E-state index contributed by atoms with van der Waals surface area (Å²) in [6.45, 7) is 0. The molecule has 0 atom stereocenters. The van der Waals surface area contributed by atoms with E-state index in [1.54, 1.807) is 24.5 Å². The minimum Gasteiger partial charge on any atom is -0.265 e. The van der Waals surface area contributed by atoms with Gasteiger partial charge in [-0.1, -0.05) is 0 Å². The number of rotatable bonds is 2. The Bertz CT molecular complexity index is 1060. The van der Waals surface area contributed by atoms with Crippen molar-refractivity contribution in [3.8, 4) is 28.5 Å². The van der Waals surface area contributed by atoms with Crippen molar-refractivity contribution in [2.24, 2.45) is 0 Å². The van der Waals surface area contributed by atoms with Crippen LogP contribution in [0.4, 0.5) is 4.39 Å². The molecule has 0 bridgehead atoms. The van der Waals surface area contributed by atoms with Crippen molar-refractivity contribution in [3.05, 3.63) is 66.4 Å². The van der Waals surface area contributed by atoms with Crippen LogP contribution in [-0.4, -0.2) is 20.2 Å². The van der Waals surface area contributed by atoms with Crippen molar-refractivity contribution in [2.45, 2.75) is 0 Å². The zero-order valence-corrected chi connectivity index (χ0v) is 12.4. The van der Waals surface area contributed by atoms with Crippen molar-refractivity contribution in [3.63, 3.8) is 0 Å². The lowest BCUT2D eigenvalue weighted by Gasteiger charge is -2.09. The Morgan fingerprint density at radius 2 is 1.75 bits per heavy atom. The molecule has 0 unspecified atom stereocenters. The second-order valence-corrected chi connectivity index (χ2v) is 5.21. The normalized spacial score (nSPS) is 10.7. The number of fused-ring (bicyclic) bond motifs is 1. The van der Waals surface area contributed by atoms with E-state index in [0.29, 0.717) is 22.4 Å². The predicted octanol–water partition coefficient (Wildman–Crippen LogP) is 3.70. The quantitative estimate of drug-likeness (QED) is 0.612. The molecule has 0 aliphatic carbocycles. The van der Waals surface area contributed by atoms with Gasteiger partial charge in [0.25, 0.3) is 0 Å². The van der Waals surface area contributed by atoms with Crippen LogP contribution in [0.5, 0.6) is 0 Å². The fraction of sp³-hybridized carbons (Fsp3) is 0. The van der Waals surface area contributed by atoms with E-state index in [0.717, 1.165) is 16.7 Å². The number of pyridine rings is 2. The van der Waals surface area contributed by atoms with Gasteiger partial charge < -0.3 is 0 Å². The molecule has 0 radical (unpaired) electrons. The Hall–Kier alpha value is -3.59. The van der Waals surface area contributed by atoms with Crippen LogP contribution < -0.4 is 0 Å². The first-order valence-corrected chi connectivity index (χ1v) is 7.22. The summed E-state index contributed by atoms with van der Waals surface area (Å²) in [6.07, 6.45) is 3.38. The monoisotopic (exact) mass is 315 g/mol. The van der Waals surface area contributed by atoms with Gasteiger partial charge in [-0.15, -0.1) is 0 Å². The van der Waals surface area contributed by atoms with Crippen LogP contribution in [0, 0.1) is 17.1 Å². The largest absolute Gasteiger partial charge is 0.265 e. The molecule has 0 saturated carbocycles. The van der Waals surface area contributed by atoms with Gasteiger partial charge in [0.05, 0.1) is 11.1 Å². The predicted molar refractivity (Wildman–Crippen MR) is 87.2 cm³/mol. The van der Waals surface area contributed by atoms with E-state index in [9.17, 15) is 9.65 Å². The molecule has 0 aliphatic heterocycles. The minimum absolute atomic E-state index is 0.290. The van der Waals surface area contributed by atoms with Crippen molar-refractivity contribution in [2.75, 3.05) is 0 Å². The first-order chi connectivity index (χ1) is 11.8.